The molecule has 0 bridgehead atoms. The van der Waals surface area contributed by atoms with E-state index in [1.807, 2.05) is 0 Å². The summed E-state index contributed by atoms with van der Waals surface area (Å²) in [5, 5.41) is 17.8. The lowest BCUT2D eigenvalue weighted by Crippen LogP contribution is -2.34. The Morgan fingerprint density at radius 2 is 1.50 bits per heavy atom. The van der Waals surface area contributed by atoms with Crippen LogP contribution in [0.15, 0.2) is 0 Å². The lowest BCUT2D eigenvalue weighted by atomic mass is 10.2. The molecule has 0 amide bonds. The predicted molar refractivity (Wildman–Crippen MR) is 65.8 cm³/mol. The van der Waals surface area contributed by atoms with Crippen LogP contribution >= 0.6 is 0 Å². The molecule has 0 aromatic rings. The molecular weight excluding hydrogens is 206 g/mol. The van der Waals surface area contributed by atoms with Gasteiger partial charge in [0.05, 0.1) is 6.54 Å². The van der Waals surface area contributed by atoms with Gasteiger partial charge in [-0.15, -0.1) is 0 Å². The molecule has 0 aliphatic heterocycles. The molecular formula is C11H25N3O2. The molecule has 5 heteroatoms. The third kappa shape index (κ3) is 13.4. The third-order valence-electron chi connectivity index (χ3n) is 2.19. The van der Waals surface area contributed by atoms with Gasteiger partial charge in [-0.25, -0.2) is 0 Å². The van der Waals surface area contributed by atoms with E-state index in [1.165, 1.54) is 19.3 Å². The summed E-state index contributed by atoms with van der Waals surface area (Å²) in [6, 6.07) is 0. The van der Waals surface area contributed by atoms with Crippen LogP contribution in [0.5, 0.6) is 0 Å². The Bertz CT molecular complexity index is 165. The smallest absolute Gasteiger partial charge is 0.317 e. The van der Waals surface area contributed by atoms with E-state index in [1.54, 1.807) is 0 Å². The number of carbonyl (C=O) groups is 1. The SMILES string of the molecule is CCCCCNCCNCCNCC(=O)O. The first kappa shape index (κ1) is 15.3. The zero-order valence-corrected chi connectivity index (χ0v) is 10.2. The summed E-state index contributed by atoms with van der Waals surface area (Å²) < 4.78 is 0. The maximum Gasteiger partial charge on any atom is 0.317 e. The summed E-state index contributed by atoms with van der Waals surface area (Å²) in [7, 11) is 0. The quantitative estimate of drug-likeness (QED) is 0.357. The van der Waals surface area contributed by atoms with Gasteiger partial charge in [-0.2, -0.15) is 0 Å². The number of hydrogen-bond donors (Lipinski definition) is 4. The monoisotopic (exact) mass is 231 g/mol. The topological polar surface area (TPSA) is 73.4 Å². The number of unbranched alkanes of at least 4 members (excludes halogenated alkanes) is 2. The lowest BCUT2D eigenvalue weighted by Gasteiger charge is -2.06. The van der Waals surface area contributed by atoms with Gasteiger partial charge in [-0.3, -0.25) is 4.79 Å². The standard InChI is InChI=1S/C11H25N3O2/c1-2-3-4-5-12-6-7-13-8-9-14-10-11(15)16/h12-14H,2-10H2,1H3,(H,15,16). The van der Waals surface area contributed by atoms with Crippen molar-refractivity contribution in [3.8, 4) is 0 Å². The summed E-state index contributed by atoms with van der Waals surface area (Å²) in [6.45, 7) is 6.74. The second-order valence-corrected chi connectivity index (χ2v) is 3.78. The van der Waals surface area contributed by atoms with E-state index in [9.17, 15) is 4.79 Å². The molecule has 0 rings (SSSR count). The summed E-state index contributed by atoms with van der Waals surface area (Å²) in [5.74, 6) is -0.808. The molecule has 0 unspecified atom stereocenters. The van der Waals surface area contributed by atoms with Gasteiger partial charge in [0.25, 0.3) is 0 Å². The van der Waals surface area contributed by atoms with Crippen molar-refractivity contribution in [3.63, 3.8) is 0 Å². The highest BCUT2D eigenvalue weighted by Gasteiger charge is 1.93. The van der Waals surface area contributed by atoms with E-state index in [0.29, 0.717) is 6.54 Å². The molecule has 0 aromatic heterocycles. The Balaban J connectivity index is 2.90. The Kier molecular flexibility index (Phi) is 11.9. The van der Waals surface area contributed by atoms with E-state index >= 15 is 0 Å². The Morgan fingerprint density at radius 3 is 2.06 bits per heavy atom. The fourth-order valence-corrected chi connectivity index (χ4v) is 1.30. The van der Waals surface area contributed by atoms with Crippen molar-refractivity contribution in [1.29, 1.82) is 0 Å². The highest BCUT2D eigenvalue weighted by atomic mass is 16.4. The predicted octanol–water partition coefficient (Wildman–Crippen LogP) is 0.0300. The van der Waals surface area contributed by atoms with E-state index in [2.05, 4.69) is 22.9 Å². The second-order valence-electron chi connectivity index (χ2n) is 3.78. The molecule has 0 radical (unpaired) electrons. The molecule has 4 N–H and O–H groups in total. The van der Waals surface area contributed by atoms with Gasteiger partial charge in [0.1, 0.15) is 0 Å². The Morgan fingerprint density at radius 1 is 0.938 bits per heavy atom. The average molecular weight is 231 g/mol. The number of carboxylic acid groups (broad SMARTS) is 1. The number of aliphatic carboxylic acids is 1. The van der Waals surface area contributed by atoms with Gasteiger partial charge < -0.3 is 21.1 Å². The second kappa shape index (κ2) is 12.4. The van der Waals surface area contributed by atoms with Gasteiger partial charge >= 0.3 is 5.97 Å². The molecule has 96 valence electrons. The largest absolute Gasteiger partial charge is 0.480 e. The number of nitrogens with one attached hydrogen (secondary N) is 3. The first-order valence-corrected chi connectivity index (χ1v) is 6.11. The zero-order valence-electron chi connectivity index (χ0n) is 10.2. The first-order chi connectivity index (χ1) is 7.77. The molecule has 0 saturated carbocycles. The average Bonchev–Trinajstić information content (AvgIpc) is 2.25. The van der Waals surface area contributed by atoms with Crippen molar-refractivity contribution in [1.82, 2.24) is 16.0 Å². The third-order valence-corrected chi connectivity index (χ3v) is 2.19. The summed E-state index contributed by atoms with van der Waals surface area (Å²) in [6.07, 6.45) is 3.80. The maximum atomic E-state index is 10.2. The molecule has 0 fully saturated rings. The minimum atomic E-state index is -0.808. The van der Waals surface area contributed by atoms with E-state index in [0.717, 1.165) is 26.2 Å². The van der Waals surface area contributed by atoms with Crippen LogP contribution in [0.4, 0.5) is 0 Å². The molecule has 0 saturated heterocycles. The van der Waals surface area contributed by atoms with Gasteiger partial charge in [-0.1, -0.05) is 19.8 Å². The van der Waals surface area contributed by atoms with E-state index in [4.69, 9.17) is 5.11 Å². The fraction of sp³-hybridized carbons (Fsp3) is 0.909. The molecule has 0 aliphatic carbocycles. The minimum Gasteiger partial charge on any atom is -0.480 e. The van der Waals surface area contributed by atoms with Crippen molar-refractivity contribution in [2.24, 2.45) is 0 Å². The van der Waals surface area contributed by atoms with Crippen molar-refractivity contribution in [2.75, 3.05) is 39.3 Å². The molecule has 0 atom stereocenters. The molecule has 5 nitrogen and oxygen atoms in total. The van der Waals surface area contributed by atoms with Gasteiger partial charge in [0, 0.05) is 26.2 Å². The van der Waals surface area contributed by atoms with Gasteiger partial charge in [0.2, 0.25) is 0 Å². The van der Waals surface area contributed by atoms with Crippen molar-refractivity contribution < 1.29 is 9.90 Å². The van der Waals surface area contributed by atoms with Crippen molar-refractivity contribution >= 4 is 5.97 Å². The first-order valence-electron chi connectivity index (χ1n) is 6.11. The van der Waals surface area contributed by atoms with Crippen LogP contribution in [0.1, 0.15) is 26.2 Å². The van der Waals surface area contributed by atoms with Crippen molar-refractivity contribution in [2.45, 2.75) is 26.2 Å². The van der Waals surface area contributed by atoms with Crippen LogP contribution in [0, 0.1) is 0 Å². The number of carboxylic acids is 1. The van der Waals surface area contributed by atoms with E-state index < -0.39 is 5.97 Å². The normalized spacial score (nSPS) is 10.6. The van der Waals surface area contributed by atoms with E-state index in [-0.39, 0.29) is 6.54 Å². The maximum absolute atomic E-state index is 10.2. The molecule has 0 aliphatic rings. The fourth-order valence-electron chi connectivity index (χ4n) is 1.30. The summed E-state index contributed by atoms with van der Waals surface area (Å²) in [5.41, 5.74) is 0. The molecule has 16 heavy (non-hydrogen) atoms. The van der Waals surface area contributed by atoms with Crippen LogP contribution in [-0.4, -0.2) is 50.3 Å². The molecule has 0 aromatic carbocycles. The molecule has 0 spiro atoms. The summed E-state index contributed by atoms with van der Waals surface area (Å²) in [4.78, 5) is 10.2. The highest BCUT2D eigenvalue weighted by Crippen LogP contribution is 1.90. The van der Waals surface area contributed by atoms with Crippen LogP contribution in [0.25, 0.3) is 0 Å². The molecule has 0 heterocycles. The lowest BCUT2D eigenvalue weighted by molar-refractivity contribution is -0.135. The van der Waals surface area contributed by atoms with Crippen LogP contribution in [0.3, 0.4) is 0 Å². The Hall–Kier alpha value is -0.650. The summed E-state index contributed by atoms with van der Waals surface area (Å²) >= 11 is 0. The zero-order chi connectivity index (χ0) is 12.1. The minimum absolute atomic E-state index is 0.0386. The number of hydrogen-bond acceptors (Lipinski definition) is 4. The Labute approximate surface area is 98.0 Å². The van der Waals surface area contributed by atoms with Gasteiger partial charge in [-0.05, 0) is 13.0 Å². The van der Waals surface area contributed by atoms with Gasteiger partial charge in [0.15, 0.2) is 0 Å². The number of rotatable bonds is 12. The van der Waals surface area contributed by atoms with Crippen molar-refractivity contribution in [3.05, 3.63) is 0 Å². The van der Waals surface area contributed by atoms with Crippen LogP contribution in [-0.2, 0) is 4.79 Å². The van der Waals surface area contributed by atoms with Crippen LogP contribution < -0.4 is 16.0 Å². The van der Waals surface area contributed by atoms with Crippen LogP contribution in [0.2, 0.25) is 0 Å². The highest BCUT2D eigenvalue weighted by molar-refractivity contribution is 5.68.